The number of hydrogen-bond donors (Lipinski definition) is 3. The van der Waals surface area contributed by atoms with Gasteiger partial charge >= 0.3 is 0 Å². The van der Waals surface area contributed by atoms with Crippen LogP contribution in [0.15, 0.2) is 35.5 Å². The number of aliphatic hydroxyl groups is 3. The SMILES string of the molecule is C=C1/C(=C\C=C2/CCC[C@]3(C)[C@@H]([C@H](C)CCC(=O)C(C)(C)O)CC[C@@H]23)C[C@@H](O)C[C@@H]1O. The van der Waals surface area contributed by atoms with Crippen molar-refractivity contribution < 1.29 is 20.1 Å². The molecule has 6 atom stereocenters. The van der Waals surface area contributed by atoms with Crippen LogP contribution in [0.25, 0.3) is 0 Å². The molecule has 3 fully saturated rings. The van der Waals surface area contributed by atoms with Crippen molar-refractivity contribution >= 4 is 5.78 Å². The largest absolute Gasteiger partial charge is 0.393 e. The fraction of sp³-hybridized carbons (Fsp3) is 0.741. The highest BCUT2D eigenvalue weighted by Crippen LogP contribution is 2.59. The molecule has 0 bridgehead atoms. The Morgan fingerprint density at radius 2 is 2.00 bits per heavy atom. The molecule has 3 aliphatic rings. The van der Waals surface area contributed by atoms with Gasteiger partial charge in [0, 0.05) is 12.8 Å². The third kappa shape index (κ3) is 5.23. The molecule has 3 aliphatic carbocycles. The van der Waals surface area contributed by atoms with E-state index in [0.29, 0.717) is 37.0 Å². The van der Waals surface area contributed by atoms with Gasteiger partial charge in [-0.25, -0.2) is 0 Å². The van der Waals surface area contributed by atoms with E-state index in [1.165, 1.54) is 31.3 Å². The lowest BCUT2D eigenvalue weighted by atomic mass is 9.60. The van der Waals surface area contributed by atoms with E-state index in [0.717, 1.165) is 24.0 Å². The maximum atomic E-state index is 12.2. The molecule has 3 saturated carbocycles. The molecule has 3 N–H and O–H groups in total. The molecule has 0 heterocycles. The second-order valence-electron chi connectivity index (χ2n) is 11.2. The lowest BCUT2D eigenvalue weighted by Gasteiger charge is -2.44. The smallest absolute Gasteiger partial charge is 0.163 e. The number of hydrogen-bond acceptors (Lipinski definition) is 4. The van der Waals surface area contributed by atoms with Crippen LogP contribution in [0, 0.1) is 23.2 Å². The Kier molecular flexibility index (Phi) is 7.35. The Balaban J connectivity index is 1.72. The monoisotopic (exact) mass is 430 g/mol. The van der Waals surface area contributed by atoms with Crippen LogP contribution >= 0.6 is 0 Å². The van der Waals surface area contributed by atoms with E-state index in [1.54, 1.807) is 13.8 Å². The summed E-state index contributed by atoms with van der Waals surface area (Å²) in [5.41, 5.74) is 2.23. The highest BCUT2D eigenvalue weighted by atomic mass is 16.3. The van der Waals surface area contributed by atoms with Gasteiger partial charge in [0.1, 0.15) is 5.60 Å². The molecule has 0 aliphatic heterocycles. The molecule has 0 amide bonds. The van der Waals surface area contributed by atoms with Gasteiger partial charge in [0.15, 0.2) is 5.78 Å². The Bertz CT molecular complexity index is 756. The van der Waals surface area contributed by atoms with E-state index in [1.807, 2.05) is 0 Å². The van der Waals surface area contributed by atoms with Crippen molar-refractivity contribution in [1.82, 2.24) is 0 Å². The molecule has 0 saturated heterocycles. The molecule has 0 aromatic carbocycles. The lowest BCUT2D eigenvalue weighted by molar-refractivity contribution is -0.134. The van der Waals surface area contributed by atoms with E-state index in [4.69, 9.17) is 0 Å². The summed E-state index contributed by atoms with van der Waals surface area (Å²) in [6.07, 6.45) is 11.3. The molecular weight excluding hydrogens is 388 g/mol. The zero-order valence-electron chi connectivity index (χ0n) is 19.9. The van der Waals surface area contributed by atoms with E-state index in [2.05, 4.69) is 32.6 Å². The van der Waals surface area contributed by atoms with Crippen molar-refractivity contribution in [2.45, 2.75) is 103 Å². The topological polar surface area (TPSA) is 77.8 Å². The second kappa shape index (κ2) is 9.33. The van der Waals surface area contributed by atoms with Crippen LogP contribution in [0.4, 0.5) is 0 Å². The van der Waals surface area contributed by atoms with E-state index < -0.39 is 17.8 Å². The maximum Gasteiger partial charge on any atom is 0.163 e. The van der Waals surface area contributed by atoms with E-state index in [-0.39, 0.29) is 11.2 Å². The Morgan fingerprint density at radius 3 is 2.68 bits per heavy atom. The minimum Gasteiger partial charge on any atom is -0.393 e. The number of rotatable bonds is 6. The Morgan fingerprint density at radius 1 is 1.29 bits per heavy atom. The van der Waals surface area contributed by atoms with Crippen LogP contribution in [0.3, 0.4) is 0 Å². The fourth-order valence-electron chi connectivity index (χ4n) is 6.55. The number of fused-ring (bicyclic) bond motifs is 1. The van der Waals surface area contributed by atoms with E-state index in [9.17, 15) is 20.1 Å². The first-order valence-corrected chi connectivity index (χ1v) is 12.1. The normalized spacial score (nSPS) is 37.8. The number of Topliss-reactive ketones (excluding diaryl/α,β-unsaturated/α-hetero) is 1. The van der Waals surface area contributed by atoms with Gasteiger partial charge in [0.25, 0.3) is 0 Å². The van der Waals surface area contributed by atoms with Gasteiger partial charge in [-0.2, -0.15) is 0 Å². The first-order chi connectivity index (χ1) is 14.4. The van der Waals surface area contributed by atoms with Crippen LogP contribution in [0.2, 0.25) is 0 Å². The molecule has 0 aromatic rings. The van der Waals surface area contributed by atoms with Crippen LogP contribution in [0.1, 0.15) is 85.5 Å². The minimum absolute atomic E-state index is 0.0630. The van der Waals surface area contributed by atoms with Gasteiger partial charge in [-0.3, -0.25) is 4.79 Å². The van der Waals surface area contributed by atoms with Crippen molar-refractivity contribution in [2.24, 2.45) is 23.2 Å². The molecule has 4 nitrogen and oxygen atoms in total. The van der Waals surface area contributed by atoms with Crippen molar-refractivity contribution in [2.75, 3.05) is 0 Å². The van der Waals surface area contributed by atoms with Crippen LogP contribution in [0.5, 0.6) is 0 Å². The Labute approximate surface area is 188 Å². The molecule has 174 valence electrons. The number of allylic oxidation sites excluding steroid dienone is 3. The molecule has 0 aromatic heterocycles. The van der Waals surface area contributed by atoms with Crippen molar-refractivity contribution in [3.05, 3.63) is 35.5 Å². The minimum atomic E-state index is -1.24. The quantitative estimate of drug-likeness (QED) is 0.561. The zero-order chi connectivity index (χ0) is 23.0. The predicted octanol–water partition coefficient (Wildman–Crippen LogP) is 4.88. The summed E-state index contributed by atoms with van der Waals surface area (Å²) in [5.74, 6) is 1.55. The summed E-state index contributed by atoms with van der Waals surface area (Å²) in [6, 6.07) is 0. The molecule has 0 unspecified atom stereocenters. The van der Waals surface area contributed by atoms with Crippen LogP contribution in [-0.2, 0) is 4.79 Å². The van der Waals surface area contributed by atoms with Gasteiger partial charge < -0.3 is 15.3 Å². The number of carbonyl (C=O) groups excluding carboxylic acids is 1. The summed E-state index contributed by atoms with van der Waals surface area (Å²) in [5, 5.41) is 30.1. The lowest BCUT2D eigenvalue weighted by Crippen LogP contribution is -2.36. The molecule has 0 spiro atoms. The summed E-state index contributed by atoms with van der Waals surface area (Å²) in [4.78, 5) is 12.2. The highest BCUT2D eigenvalue weighted by Gasteiger charge is 2.50. The van der Waals surface area contributed by atoms with Gasteiger partial charge in [-0.1, -0.05) is 38.2 Å². The van der Waals surface area contributed by atoms with Crippen molar-refractivity contribution in [1.29, 1.82) is 0 Å². The summed E-state index contributed by atoms with van der Waals surface area (Å²) in [6.45, 7) is 11.9. The number of carbonyl (C=O) groups is 1. The third-order valence-electron chi connectivity index (χ3n) is 8.50. The first kappa shape index (κ1) is 24.4. The second-order valence-corrected chi connectivity index (χ2v) is 11.2. The van der Waals surface area contributed by atoms with Gasteiger partial charge in [0.2, 0.25) is 0 Å². The van der Waals surface area contributed by atoms with Gasteiger partial charge in [-0.15, -0.1) is 0 Å². The molecular formula is C27H42O4. The average molecular weight is 431 g/mol. The average Bonchev–Trinajstić information content (AvgIpc) is 3.04. The molecule has 0 radical (unpaired) electrons. The molecule has 4 heteroatoms. The van der Waals surface area contributed by atoms with E-state index >= 15 is 0 Å². The fourth-order valence-corrected chi connectivity index (χ4v) is 6.55. The van der Waals surface area contributed by atoms with Gasteiger partial charge in [0.05, 0.1) is 12.2 Å². The highest BCUT2D eigenvalue weighted by molar-refractivity contribution is 5.86. The first-order valence-electron chi connectivity index (χ1n) is 12.1. The standard InChI is InChI=1S/C27H42O4/c1-17(8-13-25(30)26(3,4)31)22-11-12-23-19(7-6-14-27(22,23)5)9-10-20-15-21(28)16-24(29)18(20)2/h9-10,17,21-24,28-29,31H,2,6-8,11-16H2,1,3-5H3/b19-9+,20-10-/t17-,21-,22-,23+,24+,27-/m1/s1. The van der Waals surface area contributed by atoms with Crippen molar-refractivity contribution in [3.63, 3.8) is 0 Å². The summed E-state index contributed by atoms with van der Waals surface area (Å²) < 4.78 is 0. The zero-order valence-corrected chi connectivity index (χ0v) is 19.9. The summed E-state index contributed by atoms with van der Waals surface area (Å²) >= 11 is 0. The summed E-state index contributed by atoms with van der Waals surface area (Å²) in [7, 11) is 0. The predicted molar refractivity (Wildman–Crippen MR) is 124 cm³/mol. The molecule has 3 rings (SSSR count). The van der Waals surface area contributed by atoms with Gasteiger partial charge in [-0.05, 0) is 93.1 Å². The van der Waals surface area contributed by atoms with Crippen LogP contribution < -0.4 is 0 Å². The molecule has 31 heavy (non-hydrogen) atoms. The maximum absolute atomic E-state index is 12.2. The van der Waals surface area contributed by atoms with Crippen LogP contribution in [-0.4, -0.2) is 38.9 Å². The number of ketones is 1. The van der Waals surface area contributed by atoms with Crippen molar-refractivity contribution in [3.8, 4) is 0 Å². The Hall–Kier alpha value is -1.23. The third-order valence-corrected chi connectivity index (χ3v) is 8.50. The number of aliphatic hydroxyl groups excluding tert-OH is 2.